The number of aromatic nitrogens is 2. The minimum Gasteiger partial charge on any atom is -0.480 e. The molecule has 0 fully saturated rings. The SMILES string of the molecule is Nc1c(C(=O)NCC(=O)O)cnn1-c1ccc(F)cc1. The van der Waals surface area contributed by atoms with Crippen LogP contribution in [0.3, 0.4) is 0 Å². The van der Waals surface area contributed by atoms with E-state index in [1.165, 1.54) is 35.1 Å². The largest absolute Gasteiger partial charge is 0.480 e. The van der Waals surface area contributed by atoms with Crippen LogP contribution in [-0.2, 0) is 4.79 Å². The Kier molecular flexibility index (Phi) is 3.65. The number of aliphatic carboxylic acids is 1. The van der Waals surface area contributed by atoms with E-state index < -0.39 is 24.2 Å². The molecule has 1 aromatic heterocycles. The average Bonchev–Trinajstić information content (AvgIpc) is 2.79. The van der Waals surface area contributed by atoms with E-state index in [1.54, 1.807) is 0 Å². The summed E-state index contributed by atoms with van der Waals surface area (Å²) in [5.74, 6) is -2.17. The van der Waals surface area contributed by atoms with Crippen LogP contribution in [0.2, 0.25) is 0 Å². The first-order chi connectivity index (χ1) is 9.49. The molecule has 0 saturated heterocycles. The van der Waals surface area contributed by atoms with Crippen molar-refractivity contribution in [3.63, 3.8) is 0 Å². The minimum atomic E-state index is -1.16. The predicted molar refractivity (Wildman–Crippen MR) is 67.9 cm³/mol. The highest BCUT2D eigenvalue weighted by Crippen LogP contribution is 2.17. The standard InChI is InChI=1S/C12H11FN4O3/c13-7-1-3-8(4-2-7)17-11(14)9(5-16-17)12(20)15-6-10(18)19/h1-5H,6,14H2,(H,15,20)(H,18,19). The van der Waals surface area contributed by atoms with Crippen LogP contribution in [0, 0.1) is 5.82 Å². The Morgan fingerprint density at radius 1 is 1.35 bits per heavy atom. The smallest absolute Gasteiger partial charge is 0.322 e. The van der Waals surface area contributed by atoms with Gasteiger partial charge in [-0.3, -0.25) is 9.59 Å². The van der Waals surface area contributed by atoms with Gasteiger partial charge in [0.05, 0.1) is 11.9 Å². The maximum Gasteiger partial charge on any atom is 0.322 e. The molecule has 4 N–H and O–H groups in total. The second-order valence-electron chi connectivity index (χ2n) is 3.91. The Balaban J connectivity index is 2.24. The number of nitrogen functional groups attached to an aromatic ring is 1. The lowest BCUT2D eigenvalue weighted by Crippen LogP contribution is -2.29. The number of amides is 1. The molecule has 1 heterocycles. The number of anilines is 1. The zero-order valence-corrected chi connectivity index (χ0v) is 10.2. The zero-order valence-electron chi connectivity index (χ0n) is 10.2. The van der Waals surface area contributed by atoms with E-state index in [9.17, 15) is 14.0 Å². The van der Waals surface area contributed by atoms with Crippen molar-refractivity contribution in [1.82, 2.24) is 15.1 Å². The Morgan fingerprint density at radius 3 is 2.60 bits per heavy atom. The van der Waals surface area contributed by atoms with E-state index >= 15 is 0 Å². The molecule has 20 heavy (non-hydrogen) atoms. The molecule has 7 nitrogen and oxygen atoms in total. The topological polar surface area (TPSA) is 110 Å². The van der Waals surface area contributed by atoms with Crippen LogP contribution >= 0.6 is 0 Å². The summed E-state index contributed by atoms with van der Waals surface area (Å²) in [5, 5.41) is 14.6. The third-order valence-electron chi connectivity index (χ3n) is 2.52. The van der Waals surface area contributed by atoms with Crippen LogP contribution in [0.1, 0.15) is 10.4 Å². The van der Waals surface area contributed by atoms with Crippen molar-refractivity contribution in [2.24, 2.45) is 0 Å². The number of nitrogens with two attached hydrogens (primary N) is 1. The number of benzene rings is 1. The molecule has 8 heteroatoms. The molecule has 0 aliphatic rings. The zero-order chi connectivity index (χ0) is 14.7. The van der Waals surface area contributed by atoms with Crippen LogP contribution in [0.25, 0.3) is 5.69 Å². The van der Waals surface area contributed by atoms with Gasteiger partial charge in [0, 0.05) is 0 Å². The summed E-state index contributed by atoms with van der Waals surface area (Å²) in [6.07, 6.45) is 1.22. The van der Waals surface area contributed by atoms with Gasteiger partial charge in [-0.15, -0.1) is 0 Å². The number of carbonyl (C=O) groups is 2. The van der Waals surface area contributed by atoms with Crippen LogP contribution in [0.4, 0.5) is 10.2 Å². The number of carboxylic acids is 1. The molecule has 0 aliphatic carbocycles. The fourth-order valence-corrected chi connectivity index (χ4v) is 1.57. The van der Waals surface area contributed by atoms with Crippen LogP contribution in [0.5, 0.6) is 0 Å². The summed E-state index contributed by atoms with van der Waals surface area (Å²) in [7, 11) is 0. The molecule has 104 valence electrons. The lowest BCUT2D eigenvalue weighted by molar-refractivity contribution is -0.135. The second-order valence-corrected chi connectivity index (χ2v) is 3.91. The molecule has 0 unspecified atom stereocenters. The fourth-order valence-electron chi connectivity index (χ4n) is 1.57. The van der Waals surface area contributed by atoms with Gasteiger partial charge in [-0.05, 0) is 24.3 Å². The molecule has 0 bridgehead atoms. The first-order valence-corrected chi connectivity index (χ1v) is 5.58. The van der Waals surface area contributed by atoms with Gasteiger partial charge in [0.2, 0.25) is 0 Å². The molecule has 0 atom stereocenters. The van der Waals surface area contributed by atoms with Crippen molar-refractivity contribution < 1.29 is 19.1 Å². The summed E-state index contributed by atoms with van der Waals surface area (Å²) < 4.78 is 14.1. The predicted octanol–water partition coefficient (Wildman–Crippen LogP) is 0.408. The summed E-state index contributed by atoms with van der Waals surface area (Å²) in [6.45, 7) is -0.514. The van der Waals surface area contributed by atoms with Gasteiger partial charge in [0.15, 0.2) is 0 Å². The van der Waals surface area contributed by atoms with E-state index in [2.05, 4.69) is 10.4 Å². The van der Waals surface area contributed by atoms with Gasteiger partial charge in [-0.25, -0.2) is 9.07 Å². The van der Waals surface area contributed by atoms with Gasteiger partial charge < -0.3 is 16.2 Å². The van der Waals surface area contributed by atoms with Gasteiger partial charge in [-0.2, -0.15) is 5.10 Å². The molecule has 1 aromatic carbocycles. The highest BCUT2D eigenvalue weighted by molar-refractivity contribution is 5.99. The highest BCUT2D eigenvalue weighted by Gasteiger charge is 2.16. The number of nitrogens with zero attached hydrogens (tertiary/aromatic N) is 2. The Hall–Kier alpha value is -2.90. The number of hydrogen-bond donors (Lipinski definition) is 3. The summed E-state index contributed by atoms with van der Waals surface area (Å²) >= 11 is 0. The lowest BCUT2D eigenvalue weighted by atomic mass is 10.3. The molecule has 0 saturated carbocycles. The monoisotopic (exact) mass is 278 g/mol. The fraction of sp³-hybridized carbons (Fsp3) is 0.0833. The van der Waals surface area contributed by atoms with Crippen molar-refractivity contribution in [2.75, 3.05) is 12.3 Å². The van der Waals surface area contributed by atoms with Gasteiger partial charge >= 0.3 is 5.97 Å². The number of carboxylic acid groups (broad SMARTS) is 1. The summed E-state index contributed by atoms with van der Waals surface area (Å²) in [5.41, 5.74) is 6.32. The molecular weight excluding hydrogens is 267 g/mol. The number of hydrogen-bond acceptors (Lipinski definition) is 4. The maximum atomic E-state index is 12.8. The second kappa shape index (κ2) is 5.39. The number of carbonyl (C=O) groups excluding carboxylic acids is 1. The van der Waals surface area contributed by atoms with Crippen molar-refractivity contribution in [3.05, 3.63) is 41.8 Å². The van der Waals surface area contributed by atoms with Gasteiger partial charge in [-0.1, -0.05) is 0 Å². The van der Waals surface area contributed by atoms with Gasteiger partial charge in [0.25, 0.3) is 5.91 Å². The van der Waals surface area contributed by atoms with Crippen molar-refractivity contribution >= 4 is 17.7 Å². The number of nitrogens with one attached hydrogen (secondary N) is 1. The van der Waals surface area contributed by atoms with E-state index in [1.807, 2.05) is 0 Å². The third kappa shape index (κ3) is 2.74. The van der Waals surface area contributed by atoms with E-state index in [0.29, 0.717) is 5.69 Å². The molecule has 0 aliphatic heterocycles. The maximum absolute atomic E-state index is 12.8. The molecule has 0 radical (unpaired) electrons. The molecule has 2 aromatic rings. The number of rotatable bonds is 4. The Bertz CT molecular complexity index is 651. The third-order valence-corrected chi connectivity index (χ3v) is 2.52. The van der Waals surface area contributed by atoms with Crippen LogP contribution < -0.4 is 11.1 Å². The minimum absolute atomic E-state index is 0.0412. The normalized spacial score (nSPS) is 10.2. The van der Waals surface area contributed by atoms with E-state index in [0.717, 1.165) is 0 Å². The quantitative estimate of drug-likeness (QED) is 0.750. The Morgan fingerprint density at radius 2 is 2.00 bits per heavy atom. The van der Waals surface area contributed by atoms with Crippen molar-refractivity contribution in [1.29, 1.82) is 0 Å². The highest BCUT2D eigenvalue weighted by atomic mass is 19.1. The average molecular weight is 278 g/mol. The molecule has 0 spiro atoms. The van der Waals surface area contributed by atoms with Crippen molar-refractivity contribution in [2.45, 2.75) is 0 Å². The lowest BCUT2D eigenvalue weighted by Gasteiger charge is -2.05. The molecule has 2 rings (SSSR count). The summed E-state index contributed by atoms with van der Waals surface area (Å²) in [6, 6.07) is 5.39. The first-order valence-electron chi connectivity index (χ1n) is 5.58. The van der Waals surface area contributed by atoms with E-state index in [4.69, 9.17) is 10.8 Å². The van der Waals surface area contributed by atoms with Crippen molar-refractivity contribution in [3.8, 4) is 5.69 Å². The first kappa shape index (κ1) is 13.5. The van der Waals surface area contributed by atoms with E-state index in [-0.39, 0.29) is 11.4 Å². The van der Waals surface area contributed by atoms with Crippen LogP contribution in [-0.4, -0.2) is 33.3 Å². The Labute approximate surface area is 112 Å². The summed E-state index contributed by atoms with van der Waals surface area (Å²) in [4.78, 5) is 22.1. The van der Waals surface area contributed by atoms with Crippen LogP contribution in [0.15, 0.2) is 30.5 Å². The molecular formula is C12H11FN4O3. The number of halogens is 1. The molecule has 1 amide bonds. The van der Waals surface area contributed by atoms with Gasteiger partial charge in [0.1, 0.15) is 23.7 Å².